The molecule has 2 aromatic rings. The lowest BCUT2D eigenvalue weighted by Crippen LogP contribution is -2.14. The van der Waals surface area contributed by atoms with Crippen LogP contribution in [0.3, 0.4) is 0 Å². The Morgan fingerprint density at radius 3 is 2.29 bits per heavy atom. The van der Waals surface area contributed by atoms with E-state index in [9.17, 15) is 4.79 Å². The molecule has 152 valence electrons. The van der Waals surface area contributed by atoms with Crippen molar-refractivity contribution >= 4 is 16.7 Å². The number of carbonyl (C=O) groups is 1. The van der Waals surface area contributed by atoms with Crippen LogP contribution in [0.4, 0.5) is 0 Å². The monoisotopic (exact) mass is 388 g/mol. The third-order valence-corrected chi connectivity index (χ3v) is 3.93. The molecule has 0 atom stereocenters. The molecule has 0 fully saturated rings. The quantitative estimate of drug-likeness (QED) is 0.296. The summed E-state index contributed by atoms with van der Waals surface area (Å²) in [6, 6.07) is 10.1. The maximum absolute atomic E-state index is 10.9. The summed E-state index contributed by atoms with van der Waals surface area (Å²) in [6.45, 7) is 10.2. The van der Waals surface area contributed by atoms with Gasteiger partial charge in [-0.15, -0.1) is 0 Å². The molecule has 0 bridgehead atoms. The lowest BCUT2D eigenvalue weighted by Gasteiger charge is -2.16. The van der Waals surface area contributed by atoms with Crippen LogP contribution >= 0.6 is 0 Å². The Morgan fingerprint density at radius 2 is 1.61 bits per heavy atom. The number of aryl methyl sites for hydroxylation is 1. The molecule has 0 amide bonds. The summed E-state index contributed by atoms with van der Waals surface area (Å²) < 4.78 is 27.4. The van der Waals surface area contributed by atoms with E-state index in [0.29, 0.717) is 39.6 Å². The molecule has 6 nitrogen and oxygen atoms in total. The molecule has 28 heavy (non-hydrogen) atoms. The lowest BCUT2D eigenvalue weighted by molar-refractivity contribution is -0.139. The van der Waals surface area contributed by atoms with E-state index in [1.165, 1.54) is 0 Å². The minimum atomic E-state index is -0.450. The highest BCUT2D eigenvalue weighted by Crippen LogP contribution is 2.36. The van der Waals surface area contributed by atoms with Crippen LogP contribution in [0.2, 0.25) is 0 Å². The molecular formula is C22H28O6. The Hall–Kier alpha value is -2.57. The summed E-state index contributed by atoms with van der Waals surface area (Å²) in [5, 5.41) is 2.07. The van der Waals surface area contributed by atoms with Gasteiger partial charge in [0.1, 0.15) is 24.7 Å². The Kier molecular flexibility index (Phi) is 9.31. The molecule has 0 aliphatic rings. The first-order chi connectivity index (χ1) is 13.7. The normalized spacial score (nSPS) is 10.6. The van der Waals surface area contributed by atoms with Gasteiger partial charge in [0.05, 0.1) is 33.0 Å². The highest BCUT2D eigenvalue weighted by molar-refractivity contribution is 5.94. The molecule has 0 unspecified atom stereocenters. The molecule has 0 aromatic heterocycles. The van der Waals surface area contributed by atoms with Gasteiger partial charge in [0.2, 0.25) is 0 Å². The second-order valence-corrected chi connectivity index (χ2v) is 5.94. The van der Waals surface area contributed by atoms with Crippen LogP contribution in [0.1, 0.15) is 12.5 Å². The third kappa shape index (κ3) is 6.55. The molecule has 0 saturated carbocycles. The van der Waals surface area contributed by atoms with Crippen molar-refractivity contribution in [3.05, 3.63) is 48.6 Å². The Morgan fingerprint density at radius 1 is 0.964 bits per heavy atom. The minimum Gasteiger partial charge on any atom is -0.493 e. The fraction of sp³-hybridized carbons (Fsp3) is 0.409. The molecule has 0 N–H and O–H groups in total. The number of rotatable bonds is 13. The van der Waals surface area contributed by atoms with Crippen molar-refractivity contribution in [2.45, 2.75) is 13.8 Å². The van der Waals surface area contributed by atoms with Gasteiger partial charge in [-0.3, -0.25) is 0 Å². The molecule has 0 radical (unpaired) electrons. The number of carbonyl (C=O) groups excluding carboxylic acids is 1. The fourth-order valence-corrected chi connectivity index (χ4v) is 2.70. The van der Waals surface area contributed by atoms with E-state index in [-0.39, 0.29) is 6.61 Å². The number of ether oxygens (including phenoxy) is 5. The zero-order valence-electron chi connectivity index (χ0n) is 16.6. The smallest absolute Gasteiger partial charge is 0.330 e. The van der Waals surface area contributed by atoms with E-state index in [0.717, 1.165) is 33.9 Å². The van der Waals surface area contributed by atoms with Crippen molar-refractivity contribution in [1.82, 2.24) is 0 Å². The van der Waals surface area contributed by atoms with Gasteiger partial charge in [-0.1, -0.05) is 30.8 Å². The van der Waals surface area contributed by atoms with Crippen LogP contribution in [0, 0.1) is 6.92 Å². The predicted molar refractivity (Wildman–Crippen MR) is 108 cm³/mol. The van der Waals surface area contributed by atoms with Crippen molar-refractivity contribution in [2.75, 3.05) is 46.2 Å². The molecule has 6 heteroatoms. The molecule has 0 aliphatic heterocycles. The summed E-state index contributed by atoms with van der Waals surface area (Å²) in [5.41, 5.74) is 1.03. The van der Waals surface area contributed by atoms with Crippen LogP contribution in [0.25, 0.3) is 10.8 Å². The van der Waals surface area contributed by atoms with Gasteiger partial charge < -0.3 is 23.7 Å². The van der Waals surface area contributed by atoms with Crippen molar-refractivity contribution in [2.24, 2.45) is 0 Å². The Bertz CT molecular complexity index is 771. The van der Waals surface area contributed by atoms with Crippen LogP contribution < -0.4 is 9.47 Å². The molecular weight excluding hydrogens is 360 g/mol. The molecule has 0 saturated heterocycles. The van der Waals surface area contributed by atoms with Gasteiger partial charge in [0.15, 0.2) is 0 Å². The zero-order chi connectivity index (χ0) is 20.2. The largest absolute Gasteiger partial charge is 0.493 e. The van der Waals surface area contributed by atoms with Crippen molar-refractivity contribution in [1.29, 1.82) is 0 Å². The van der Waals surface area contributed by atoms with Crippen molar-refractivity contribution in [3.8, 4) is 11.5 Å². The molecule has 0 aliphatic carbocycles. The lowest BCUT2D eigenvalue weighted by atomic mass is 10.0. The molecule has 0 heterocycles. The van der Waals surface area contributed by atoms with Crippen molar-refractivity contribution in [3.63, 3.8) is 0 Å². The van der Waals surface area contributed by atoms with Gasteiger partial charge in [-0.25, -0.2) is 4.79 Å². The Labute approximate surface area is 166 Å². The maximum Gasteiger partial charge on any atom is 0.330 e. The van der Waals surface area contributed by atoms with Gasteiger partial charge in [-0.05, 0) is 25.5 Å². The SMILES string of the molecule is C=CC(=O)OCCOCCOCCOc1c(C)cc(OCC)c2ccccc12. The summed E-state index contributed by atoms with van der Waals surface area (Å²) in [6.07, 6.45) is 1.12. The highest BCUT2D eigenvalue weighted by Gasteiger charge is 2.11. The van der Waals surface area contributed by atoms with E-state index in [2.05, 4.69) is 6.58 Å². The van der Waals surface area contributed by atoms with Crippen LogP contribution in [-0.2, 0) is 19.0 Å². The topological polar surface area (TPSA) is 63.2 Å². The van der Waals surface area contributed by atoms with E-state index in [1.807, 2.05) is 44.2 Å². The standard InChI is InChI=1S/C22H28O6/c1-4-21(23)27-14-12-24-10-11-25-13-15-28-22-17(3)16-20(26-5-2)18-8-6-7-9-19(18)22/h4,6-9,16H,1,5,10-15H2,2-3H3. The van der Waals surface area contributed by atoms with Gasteiger partial charge in [0, 0.05) is 16.8 Å². The second kappa shape index (κ2) is 12.0. The second-order valence-electron chi connectivity index (χ2n) is 5.94. The average Bonchev–Trinajstić information content (AvgIpc) is 2.71. The number of hydrogen-bond acceptors (Lipinski definition) is 6. The van der Waals surface area contributed by atoms with Crippen LogP contribution in [0.15, 0.2) is 43.0 Å². The Balaban J connectivity index is 1.73. The van der Waals surface area contributed by atoms with Crippen LogP contribution in [-0.4, -0.2) is 52.2 Å². The average molecular weight is 388 g/mol. The summed E-state index contributed by atoms with van der Waals surface area (Å²) in [4.78, 5) is 10.9. The van der Waals surface area contributed by atoms with Crippen molar-refractivity contribution < 1.29 is 28.5 Å². The molecule has 0 spiro atoms. The number of benzene rings is 2. The maximum atomic E-state index is 10.9. The van der Waals surface area contributed by atoms with E-state index in [4.69, 9.17) is 23.7 Å². The first-order valence-corrected chi connectivity index (χ1v) is 9.40. The number of fused-ring (bicyclic) bond motifs is 1. The summed E-state index contributed by atoms with van der Waals surface area (Å²) in [5.74, 6) is 1.27. The van der Waals surface area contributed by atoms with E-state index >= 15 is 0 Å². The number of hydrogen-bond donors (Lipinski definition) is 0. The first-order valence-electron chi connectivity index (χ1n) is 9.40. The predicted octanol–water partition coefficient (Wildman–Crippen LogP) is 3.69. The molecule has 2 rings (SSSR count). The fourth-order valence-electron chi connectivity index (χ4n) is 2.70. The van der Waals surface area contributed by atoms with Gasteiger partial charge in [-0.2, -0.15) is 0 Å². The first kappa shape index (κ1) is 21.7. The van der Waals surface area contributed by atoms with Gasteiger partial charge in [0.25, 0.3) is 0 Å². The molecule has 2 aromatic carbocycles. The van der Waals surface area contributed by atoms with E-state index < -0.39 is 5.97 Å². The summed E-state index contributed by atoms with van der Waals surface area (Å²) >= 11 is 0. The summed E-state index contributed by atoms with van der Waals surface area (Å²) in [7, 11) is 0. The zero-order valence-corrected chi connectivity index (χ0v) is 16.6. The highest BCUT2D eigenvalue weighted by atomic mass is 16.6. The number of esters is 1. The van der Waals surface area contributed by atoms with Crippen LogP contribution in [0.5, 0.6) is 11.5 Å². The third-order valence-electron chi connectivity index (χ3n) is 3.93. The minimum absolute atomic E-state index is 0.206. The van der Waals surface area contributed by atoms with Gasteiger partial charge >= 0.3 is 5.97 Å². The van der Waals surface area contributed by atoms with E-state index in [1.54, 1.807) is 0 Å².